The van der Waals surface area contributed by atoms with E-state index in [2.05, 4.69) is 5.32 Å². The van der Waals surface area contributed by atoms with Crippen molar-refractivity contribution < 1.29 is 14.3 Å². The van der Waals surface area contributed by atoms with Crippen LogP contribution in [0.25, 0.3) is 0 Å². The summed E-state index contributed by atoms with van der Waals surface area (Å²) in [6, 6.07) is 10.2. The lowest BCUT2D eigenvalue weighted by molar-refractivity contribution is -0.143. The number of nitrogens with one attached hydrogen (secondary N) is 1. The Balaban J connectivity index is 2.27. The second kappa shape index (κ2) is 11.4. The molecule has 0 unspecified atom stereocenters. The Morgan fingerprint density at radius 2 is 1.71 bits per heavy atom. The summed E-state index contributed by atoms with van der Waals surface area (Å²) in [7, 11) is 0. The Morgan fingerprint density at radius 1 is 1.06 bits per heavy atom. The van der Waals surface area contributed by atoms with E-state index in [0.29, 0.717) is 27.8 Å². The van der Waals surface area contributed by atoms with E-state index in [1.54, 1.807) is 18.2 Å². The minimum Gasteiger partial charge on any atom is -0.484 e. The molecular formula is C24H30Cl2N2O3. The molecule has 0 spiro atoms. The number of carbonyl (C=O) groups is 2. The highest BCUT2D eigenvalue weighted by atomic mass is 35.5. The summed E-state index contributed by atoms with van der Waals surface area (Å²) >= 11 is 12.4. The maximum atomic E-state index is 13.2. The van der Waals surface area contributed by atoms with Crippen LogP contribution in [0.1, 0.15) is 43.9 Å². The first-order chi connectivity index (χ1) is 14.6. The van der Waals surface area contributed by atoms with E-state index < -0.39 is 6.04 Å². The molecule has 31 heavy (non-hydrogen) atoms. The lowest BCUT2D eigenvalue weighted by atomic mass is 10.1. The van der Waals surface area contributed by atoms with Gasteiger partial charge >= 0.3 is 0 Å². The molecule has 0 radical (unpaired) electrons. The fraction of sp³-hybridized carbons (Fsp3) is 0.417. The summed E-state index contributed by atoms with van der Waals surface area (Å²) in [5, 5.41) is 3.85. The van der Waals surface area contributed by atoms with E-state index >= 15 is 0 Å². The molecule has 0 aliphatic rings. The van der Waals surface area contributed by atoms with Crippen molar-refractivity contribution in [3.8, 4) is 5.75 Å². The summed E-state index contributed by atoms with van der Waals surface area (Å²) in [5.74, 6) is 0.119. The SMILES string of the molecule is CC[C@@H](C(=O)NC(C)C)N(Cc1ccc(Cl)cc1Cl)C(=O)COc1cc(C)cc(C)c1. The van der Waals surface area contributed by atoms with Gasteiger partial charge in [0.2, 0.25) is 5.91 Å². The predicted molar refractivity (Wildman–Crippen MR) is 126 cm³/mol. The van der Waals surface area contributed by atoms with Gasteiger partial charge in [0.25, 0.3) is 5.91 Å². The van der Waals surface area contributed by atoms with Gasteiger partial charge in [-0.3, -0.25) is 9.59 Å². The van der Waals surface area contributed by atoms with Gasteiger partial charge in [-0.1, -0.05) is 42.3 Å². The van der Waals surface area contributed by atoms with Crippen LogP contribution in [-0.2, 0) is 16.1 Å². The van der Waals surface area contributed by atoms with Crippen molar-refractivity contribution in [2.45, 2.75) is 59.7 Å². The standard InChI is InChI=1S/C24H30Cl2N2O3/c1-6-22(24(30)27-15(2)3)28(13-18-7-8-19(25)12-21(18)26)23(29)14-31-20-10-16(4)9-17(5)11-20/h7-12,15,22H,6,13-14H2,1-5H3,(H,27,30)/t22-/m0/s1. The normalized spacial score (nSPS) is 11.9. The monoisotopic (exact) mass is 464 g/mol. The van der Waals surface area contributed by atoms with E-state index in [9.17, 15) is 9.59 Å². The second-order valence-electron chi connectivity index (χ2n) is 7.96. The number of ether oxygens (including phenoxy) is 1. The van der Waals surface area contributed by atoms with Gasteiger partial charge in [0.1, 0.15) is 11.8 Å². The molecule has 2 rings (SSSR count). The zero-order valence-corrected chi connectivity index (χ0v) is 20.2. The van der Waals surface area contributed by atoms with E-state index in [0.717, 1.165) is 11.1 Å². The first-order valence-electron chi connectivity index (χ1n) is 10.4. The number of benzene rings is 2. The molecule has 2 amide bonds. The summed E-state index contributed by atoms with van der Waals surface area (Å²) in [4.78, 5) is 27.6. The van der Waals surface area contributed by atoms with Crippen LogP contribution in [0.2, 0.25) is 10.0 Å². The van der Waals surface area contributed by atoms with Crippen molar-refractivity contribution in [1.82, 2.24) is 10.2 Å². The zero-order valence-electron chi connectivity index (χ0n) is 18.7. The molecular weight excluding hydrogens is 435 g/mol. The van der Waals surface area contributed by atoms with Crippen LogP contribution in [0.4, 0.5) is 0 Å². The molecule has 0 aliphatic heterocycles. The number of nitrogens with zero attached hydrogens (tertiary/aromatic N) is 1. The number of amides is 2. The Hall–Kier alpha value is -2.24. The van der Waals surface area contributed by atoms with E-state index in [4.69, 9.17) is 27.9 Å². The van der Waals surface area contributed by atoms with Gasteiger partial charge < -0.3 is 15.0 Å². The van der Waals surface area contributed by atoms with Gasteiger partial charge in [0.15, 0.2) is 6.61 Å². The van der Waals surface area contributed by atoms with Gasteiger partial charge in [-0.05, 0) is 75.1 Å². The van der Waals surface area contributed by atoms with Gasteiger partial charge in [-0.25, -0.2) is 0 Å². The molecule has 0 aromatic heterocycles. The van der Waals surface area contributed by atoms with Crippen LogP contribution < -0.4 is 10.1 Å². The number of hydrogen-bond donors (Lipinski definition) is 1. The fourth-order valence-corrected chi connectivity index (χ4v) is 3.85. The van der Waals surface area contributed by atoms with Gasteiger partial charge in [0, 0.05) is 22.6 Å². The fourth-order valence-electron chi connectivity index (χ4n) is 3.38. The van der Waals surface area contributed by atoms with Crippen molar-refractivity contribution in [3.63, 3.8) is 0 Å². The summed E-state index contributed by atoms with van der Waals surface area (Å²) < 4.78 is 5.78. The lowest BCUT2D eigenvalue weighted by Gasteiger charge is -2.31. The second-order valence-corrected chi connectivity index (χ2v) is 8.80. The highest BCUT2D eigenvalue weighted by molar-refractivity contribution is 6.35. The molecule has 7 heteroatoms. The van der Waals surface area contributed by atoms with Crippen molar-refractivity contribution in [3.05, 3.63) is 63.1 Å². The number of carbonyl (C=O) groups excluding carboxylic acids is 2. The van der Waals surface area contributed by atoms with Crippen molar-refractivity contribution in [2.24, 2.45) is 0 Å². The van der Waals surface area contributed by atoms with E-state index in [1.807, 2.05) is 52.8 Å². The van der Waals surface area contributed by atoms with E-state index in [1.165, 1.54) is 4.90 Å². The average Bonchev–Trinajstić information content (AvgIpc) is 2.66. The average molecular weight is 465 g/mol. The van der Waals surface area contributed by atoms with Crippen LogP contribution >= 0.6 is 23.2 Å². The van der Waals surface area contributed by atoms with Crippen LogP contribution in [0.5, 0.6) is 5.75 Å². The minimum atomic E-state index is -0.649. The van der Waals surface area contributed by atoms with Crippen LogP contribution in [0.3, 0.4) is 0 Å². The molecule has 5 nitrogen and oxygen atoms in total. The largest absolute Gasteiger partial charge is 0.484 e. The van der Waals surface area contributed by atoms with Crippen LogP contribution in [0.15, 0.2) is 36.4 Å². The topological polar surface area (TPSA) is 58.6 Å². The van der Waals surface area contributed by atoms with Crippen LogP contribution in [0, 0.1) is 13.8 Å². The first-order valence-corrected chi connectivity index (χ1v) is 11.1. The molecule has 0 saturated carbocycles. The Bertz CT molecular complexity index is 911. The summed E-state index contributed by atoms with van der Waals surface area (Å²) in [6.07, 6.45) is 0.457. The third-order valence-electron chi connectivity index (χ3n) is 4.73. The number of halogens is 2. The van der Waals surface area contributed by atoms with E-state index in [-0.39, 0.29) is 31.0 Å². The molecule has 2 aromatic carbocycles. The first kappa shape index (κ1) is 25.0. The summed E-state index contributed by atoms with van der Waals surface area (Å²) in [5.41, 5.74) is 2.81. The van der Waals surface area contributed by atoms with Gasteiger partial charge in [0.05, 0.1) is 0 Å². The molecule has 0 bridgehead atoms. The zero-order chi connectivity index (χ0) is 23.1. The molecule has 168 valence electrons. The Morgan fingerprint density at radius 3 is 2.26 bits per heavy atom. The number of aryl methyl sites for hydroxylation is 2. The number of rotatable bonds is 9. The Labute approximate surface area is 194 Å². The molecule has 0 aliphatic carbocycles. The van der Waals surface area contributed by atoms with Gasteiger partial charge in [-0.15, -0.1) is 0 Å². The summed E-state index contributed by atoms with van der Waals surface area (Å²) in [6.45, 7) is 9.58. The molecule has 1 N–H and O–H groups in total. The molecule has 0 saturated heterocycles. The highest BCUT2D eigenvalue weighted by Gasteiger charge is 2.29. The maximum Gasteiger partial charge on any atom is 0.261 e. The maximum absolute atomic E-state index is 13.2. The minimum absolute atomic E-state index is 0.0378. The quantitative estimate of drug-likeness (QED) is 0.545. The molecule has 0 heterocycles. The third kappa shape index (κ3) is 7.44. The van der Waals surface area contributed by atoms with Crippen LogP contribution in [-0.4, -0.2) is 35.4 Å². The van der Waals surface area contributed by atoms with Gasteiger partial charge in [-0.2, -0.15) is 0 Å². The molecule has 0 fully saturated rings. The predicted octanol–water partition coefficient (Wildman–Crippen LogP) is 5.32. The molecule has 2 aromatic rings. The van der Waals surface area contributed by atoms with Crippen molar-refractivity contribution in [1.29, 1.82) is 0 Å². The molecule has 1 atom stereocenters. The lowest BCUT2D eigenvalue weighted by Crippen LogP contribution is -2.51. The number of hydrogen-bond acceptors (Lipinski definition) is 3. The smallest absolute Gasteiger partial charge is 0.261 e. The third-order valence-corrected chi connectivity index (χ3v) is 5.32. The Kier molecular flexibility index (Phi) is 9.20. The highest BCUT2D eigenvalue weighted by Crippen LogP contribution is 2.24. The van der Waals surface area contributed by atoms with Crippen molar-refractivity contribution in [2.75, 3.05) is 6.61 Å². The van der Waals surface area contributed by atoms with Crippen molar-refractivity contribution >= 4 is 35.0 Å².